The van der Waals surface area contributed by atoms with Crippen molar-refractivity contribution in [2.75, 3.05) is 38.2 Å². The molecular weight excluding hydrogens is 395 g/mol. The number of ether oxygens (including phenoxy) is 1. The maximum Gasteiger partial charge on any atom is 0.228 e. The fourth-order valence-electron chi connectivity index (χ4n) is 2.81. The Hall–Kier alpha value is -1.97. The zero-order chi connectivity index (χ0) is 19.4. The maximum atomic E-state index is 13.9. The number of benzene rings is 1. The molecule has 1 fully saturated rings. The zero-order valence-corrected chi connectivity index (χ0v) is 16.4. The number of aromatic nitrogens is 2. The number of sulfone groups is 1. The smallest absolute Gasteiger partial charge is 0.228 e. The molecule has 2 aromatic rings. The summed E-state index contributed by atoms with van der Waals surface area (Å²) < 4.78 is 44.3. The van der Waals surface area contributed by atoms with Gasteiger partial charge in [-0.25, -0.2) is 17.8 Å². The molecular formula is C17H20ClFN4O3S. The molecule has 3 rings (SSSR count). The summed E-state index contributed by atoms with van der Waals surface area (Å²) in [7, 11) is -2.25. The van der Waals surface area contributed by atoms with Crippen molar-refractivity contribution in [3.63, 3.8) is 0 Å². The van der Waals surface area contributed by atoms with E-state index < -0.39 is 21.4 Å². The van der Waals surface area contributed by atoms with Crippen LogP contribution in [0.3, 0.4) is 0 Å². The van der Waals surface area contributed by atoms with Gasteiger partial charge in [0.1, 0.15) is 5.82 Å². The Morgan fingerprint density at radius 1 is 1.26 bits per heavy atom. The number of hydrogen-bond donors (Lipinski definition) is 1. The lowest BCUT2D eigenvalue weighted by Crippen LogP contribution is -2.44. The summed E-state index contributed by atoms with van der Waals surface area (Å²) in [5.41, 5.74) is 0.255. The SMILES string of the molecule is COc1cc(CS(=O)(=O)Cc2c(F)cccc2Cl)nc(N2CCNCC2)n1. The molecule has 1 saturated heterocycles. The predicted molar refractivity (Wildman–Crippen MR) is 101 cm³/mol. The normalized spacial score (nSPS) is 15.0. The van der Waals surface area contributed by atoms with Crippen molar-refractivity contribution in [2.45, 2.75) is 11.5 Å². The molecule has 27 heavy (non-hydrogen) atoms. The third-order valence-corrected chi connectivity index (χ3v) is 5.96. The molecule has 146 valence electrons. The van der Waals surface area contributed by atoms with E-state index in [1.165, 1.54) is 31.4 Å². The summed E-state index contributed by atoms with van der Waals surface area (Å²) >= 11 is 5.95. The second-order valence-corrected chi connectivity index (χ2v) is 8.64. The number of piperazine rings is 1. The summed E-state index contributed by atoms with van der Waals surface area (Å²) in [5.74, 6) is -0.811. The van der Waals surface area contributed by atoms with Crippen LogP contribution in [0, 0.1) is 5.82 Å². The standard InChI is InChI=1S/C17H20ClFN4O3S/c1-26-16-9-12(21-17(22-16)23-7-5-20-6-8-23)10-27(24,25)11-13-14(18)3-2-4-15(13)19/h2-4,9,20H,5-8,10-11H2,1H3. The van der Waals surface area contributed by atoms with Crippen LogP contribution in [0.4, 0.5) is 10.3 Å². The molecule has 0 spiro atoms. The molecule has 1 aromatic carbocycles. The van der Waals surface area contributed by atoms with E-state index in [2.05, 4.69) is 15.3 Å². The summed E-state index contributed by atoms with van der Waals surface area (Å²) in [6.45, 7) is 3.01. The molecule has 0 unspecified atom stereocenters. The largest absolute Gasteiger partial charge is 0.481 e. The van der Waals surface area contributed by atoms with E-state index in [0.717, 1.165) is 13.1 Å². The van der Waals surface area contributed by atoms with Gasteiger partial charge in [-0.15, -0.1) is 0 Å². The Kier molecular flexibility index (Phi) is 6.13. The maximum absolute atomic E-state index is 13.9. The van der Waals surface area contributed by atoms with Crippen molar-refractivity contribution in [2.24, 2.45) is 0 Å². The van der Waals surface area contributed by atoms with Crippen LogP contribution in [0.5, 0.6) is 5.88 Å². The minimum absolute atomic E-state index is 0.0393. The summed E-state index contributed by atoms with van der Waals surface area (Å²) in [5, 5.41) is 3.32. The van der Waals surface area contributed by atoms with Gasteiger partial charge < -0.3 is 15.0 Å². The molecule has 2 heterocycles. The topological polar surface area (TPSA) is 84.4 Å². The average Bonchev–Trinajstić information content (AvgIpc) is 2.65. The molecule has 0 radical (unpaired) electrons. The first kappa shape index (κ1) is 19.8. The van der Waals surface area contributed by atoms with E-state index in [4.69, 9.17) is 16.3 Å². The molecule has 1 aliphatic heterocycles. The first-order valence-electron chi connectivity index (χ1n) is 8.39. The zero-order valence-electron chi connectivity index (χ0n) is 14.8. The van der Waals surface area contributed by atoms with Crippen LogP contribution in [0.15, 0.2) is 24.3 Å². The highest BCUT2D eigenvalue weighted by Crippen LogP contribution is 2.24. The number of hydrogen-bond acceptors (Lipinski definition) is 7. The van der Waals surface area contributed by atoms with Crippen LogP contribution in [0.25, 0.3) is 0 Å². The van der Waals surface area contributed by atoms with Crippen LogP contribution in [-0.4, -0.2) is 51.7 Å². The number of rotatable bonds is 6. The van der Waals surface area contributed by atoms with Crippen LogP contribution < -0.4 is 15.0 Å². The number of anilines is 1. The van der Waals surface area contributed by atoms with E-state index in [9.17, 15) is 12.8 Å². The Morgan fingerprint density at radius 3 is 2.67 bits per heavy atom. The van der Waals surface area contributed by atoms with E-state index in [1.54, 1.807) is 0 Å². The van der Waals surface area contributed by atoms with Gasteiger partial charge in [-0.05, 0) is 12.1 Å². The molecule has 0 aliphatic carbocycles. The van der Waals surface area contributed by atoms with E-state index in [-0.39, 0.29) is 22.2 Å². The van der Waals surface area contributed by atoms with Crippen LogP contribution in [0.2, 0.25) is 5.02 Å². The van der Waals surface area contributed by atoms with Crippen molar-refractivity contribution >= 4 is 27.4 Å². The minimum Gasteiger partial charge on any atom is -0.481 e. The lowest BCUT2D eigenvalue weighted by molar-refractivity contribution is 0.395. The number of halogens is 2. The van der Waals surface area contributed by atoms with Crippen LogP contribution in [0.1, 0.15) is 11.3 Å². The molecule has 0 bridgehead atoms. The van der Waals surface area contributed by atoms with Crippen LogP contribution in [-0.2, 0) is 21.3 Å². The molecule has 1 aromatic heterocycles. The van der Waals surface area contributed by atoms with Crippen LogP contribution >= 0.6 is 11.6 Å². The third-order valence-electron chi connectivity index (χ3n) is 4.15. The molecule has 0 saturated carbocycles. The summed E-state index contributed by atoms with van der Waals surface area (Å²) in [4.78, 5) is 10.6. The lowest BCUT2D eigenvalue weighted by Gasteiger charge is -2.27. The van der Waals surface area contributed by atoms with Crippen molar-refractivity contribution in [3.8, 4) is 5.88 Å². The Labute approximate surface area is 162 Å². The highest BCUT2D eigenvalue weighted by molar-refractivity contribution is 7.89. The van der Waals surface area contributed by atoms with Gasteiger partial charge in [-0.2, -0.15) is 4.98 Å². The Bertz CT molecular complexity index is 900. The molecule has 1 N–H and O–H groups in total. The first-order chi connectivity index (χ1) is 12.9. The van der Waals surface area contributed by atoms with Crippen molar-refractivity contribution in [1.82, 2.24) is 15.3 Å². The van der Waals surface area contributed by atoms with Gasteiger partial charge in [0, 0.05) is 42.8 Å². The first-order valence-corrected chi connectivity index (χ1v) is 10.6. The minimum atomic E-state index is -3.71. The number of nitrogens with one attached hydrogen (secondary N) is 1. The van der Waals surface area contributed by atoms with E-state index in [1.807, 2.05) is 4.90 Å². The van der Waals surface area contributed by atoms with E-state index in [0.29, 0.717) is 24.7 Å². The van der Waals surface area contributed by atoms with Crippen molar-refractivity contribution in [3.05, 3.63) is 46.4 Å². The van der Waals surface area contributed by atoms with Crippen molar-refractivity contribution < 1.29 is 17.5 Å². The number of nitrogens with zero attached hydrogens (tertiary/aromatic N) is 3. The third kappa shape index (κ3) is 5.06. The van der Waals surface area contributed by atoms with Gasteiger partial charge in [0.15, 0.2) is 9.84 Å². The summed E-state index contributed by atoms with van der Waals surface area (Å²) in [6.07, 6.45) is 0. The van der Waals surface area contributed by atoms with Gasteiger partial charge in [0.2, 0.25) is 11.8 Å². The van der Waals surface area contributed by atoms with Gasteiger partial charge in [-0.1, -0.05) is 17.7 Å². The quantitative estimate of drug-likeness (QED) is 0.771. The predicted octanol–water partition coefficient (Wildman–Crippen LogP) is 1.80. The fourth-order valence-corrected chi connectivity index (χ4v) is 4.55. The summed E-state index contributed by atoms with van der Waals surface area (Å²) in [6, 6.07) is 5.56. The highest BCUT2D eigenvalue weighted by atomic mass is 35.5. The molecule has 0 atom stereocenters. The molecule has 10 heteroatoms. The van der Waals surface area contributed by atoms with Gasteiger partial charge in [0.25, 0.3) is 0 Å². The Morgan fingerprint density at radius 2 is 2.00 bits per heavy atom. The van der Waals surface area contributed by atoms with Gasteiger partial charge in [0.05, 0.1) is 24.3 Å². The van der Waals surface area contributed by atoms with Gasteiger partial charge in [-0.3, -0.25) is 0 Å². The lowest BCUT2D eigenvalue weighted by atomic mass is 10.2. The number of methoxy groups -OCH3 is 1. The molecule has 0 amide bonds. The van der Waals surface area contributed by atoms with Crippen molar-refractivity contribution in [1.29, 1.82) is 0 Å². The molecule has 1 aliphatic rings. The van der Waals surface area contributed by atoms with Gasteiger partial charge >= 0.3 is 0 Å². The Balaban J connectivity index is 1.85. The highest BCUT2D eigenvalue weighted by Gasteiger charge is 2.21. The second-order valence-electron chi connectivity index (χ2n) is 6.17. The second kappa shape index (κ2) is 8.37. The average molecular weight is 415 g/mol. The van der Waals surface area contributed by atoms with E-state index >= 15 is 0 Å². The monoisotopic (exact) mass is 414 g/mol. The molecule has 7 nitrogen and oxygen atoms in total. The fraction of sp³-hybridized carbons (Fsp3) is 0.412.